The summed E-state index contributed by atoms with van der Waals surface area (Å²) in [5.74, 6) is 1.03. The van der Waals surface area contributed by atoms with E-state index >= 15 is 0 Å². The second kappa shape index (κ2) is 7.64. The van der Waals surface area contributed by atoms with Crippen LogP contribution in [0, 0.1) is 17.8 Å². The molecule has 1 aliphatic heterocycles. The van der Waals surface area contributed by atoms with Crippen LogP contribution in [0.15, 0.2) is 0 Å². The van der Waals surface area contributed by atoms with Gasteiger partial charge in [0.1, 0.15) is 0 Å². The lowest BCUT2D eigenvalue weighted by molar-refractivity contribution is -0.140. The maximum absolute atomic E-state index is 12.8. The van der Waals surface area contributed by atoms with Crippen LogP contribution in [-0.4, -0.2) is 43.0 Å². The Kier molecular flexibility index (Phi) is 5.85. The number of nitrogens with zero attached hydrogens (tertiary/aromatic N) is 1. The Balaban J connectivity index is 1.90. The summed E-state index contributed by atoms with van der Waals surface area (Å²) in [4.78, 5) is 25.5. The molecule has 21 heavy (non-hydrogen) atoms. The fourth-order valence-electron chi connectivity index (χ4n) is 3.73. The number of carbonyl (C=O) groups excluding carboxylic acids is 2. The molecule has 0 bridgehead atoms. The van der Waals surface area contributed by atoms with E-state index < -0.39 is 6.03 Å². The minimum atomic E-state index is -0.492. The Labute approximate surface area is 126 Å². The molecule has 2 aliphatic rings. The highest BCUT2D eigenvalue weighted by Crippen LogP contribution is 2.32. The average molecular weight is 296 g/mol. The van der Waals surface area contributed by atoms with Crippen molar-refractivity contribution in [3.05, 3.63) is 0 Å². The number of piperidine rings is 1. The molecule has 1 saturated carbocycles. The topological polar surface area (TPSA) is 101 Å². The molecule has 1 aliphatic carbocycles. The molecule has 3 atom stereocenters. The molecule has 0 radical (unpaired) electrons. The Morgan fingerprint density at radius 3 is 2.62 bits per heavy atom. The largest absolute Gasteiger partial charge is 0.352 e. The van der Waals surface area contributed by atoms with Gasteiger partial charge in [-0.2, -0.15) is 0 Å². The first-order chi connectivity index (χ1) is 10.1. The van der Waals surface area contributed by atoms with Gasteiger partial charge in [0.2, 0.25) is 5.91 Å². The molecule has 0 aromatic carbocycles. The van der Waals surface area contributed by atoms with Crippen LogP contribution in [-0.2, 0) is 4.79 Å². The highest BCUT2D eigenvalue weighted by molar-refractivity contribution is 5.79. The summed E-state index contributed by atoms with van der Waals surface area (Å²) in [6, 6.07) is -0.492. The molecular formula is C15H28N4O2. The molecule has 5 N–H and O–H groups in total. The van der Waals surface area contributed by atoms with Crippen LogP contribution < -0.4 is 16.8 Å². The van der Waals surface area contributed by atoms with Crippen LogP contribution in [0.1, 0.15) is 38.5 Å². The fraction of sp³-hybridized carbons (Fsp3) is 0.867. The Bertz CT molecular complexity index is 375. The molecule has 3 amide bonds. The highest BCUT2D eigenvalue weighted by atomic mass is 16.2. The summed E-state index contributed by atoms with van der Waals surface area (Å²) in [7, 11) is 0. The second-order valence-corrected chi connectivity index (χ2v) is 6.42. The molecule has 0 spiro atoms. The van der Waals surface area contributed by atoms with Crippen molar-refractivity contribution in [2.24, 2.45) is 29.2 Å². The number of urea groups is 1. The van der Waals surface area contributed by atoms with Gasteiger partial charge in [0.05, 0.1) is 0 Å². The van der Waals surface area contributed by atoms with E-state index in [2.05, 4.69) is 5.32 Å². The van der Waals surface area contributed by atoms with Crippen LogP contribution in [0.5, 0.6) is 0 Å². The zero-order valence-corrected chi connectivity index (χ0v) is 12.7. The molecule has 1 saturated heterocycles. The monoisotopic (exact) mass is 296 g/mol. The van der Waals surface area contributed by atoms with E-state index in [4.69, 9.17) is 11.5 Å². The van der Waals surface area contributed by atoms with Crippen molar-refractivity contribution in [2.75, 3.05) is 26.2 Å². The molecule has 120 valence electrons. The summed E-state index contributed by atoms with van der Waals surface area (Å²) in [5.41, 5.74) is 10.9. The van der Waals surface area contributed by atoms with Gasteiger partial charge in [-0.25, -0.2) is 4.79 Å². The quantitative estimate of drug-likeness (QED) is 0.710. The van der Waals surface area contributed by atoms with Gasteiger partial charge in [0, 0.05) is 25.6 Å². The summed E-state index contributed by atoms with van der Waals surface area (Å²) >= 11 is 0. The van der Waals surface area contributed by atoms with Crippen molar-refractivity contribution in [3.63, 3.8) is 0 Å². The number of nitrogens with two attached hydrogens (primary N) is 2. The van der Waals surface area contributed by atoms with E-state index in [9.17, 15) is 9.59 Å². The smallest absolute Gasteiger partial charge is 0.312 e. The zero-order chi connectivity index (χ0) is 15.2. The molecule has 2 rings (SSSR count). The number of hydrogen-bond donors (Lipinski definition) is 3. The van der Waals surface area contributed by atoms with Crippen molar-refractivity contribution in [1.29, 1.82) is 0 Å². The number of rotatable bonds is 4. The van der Waals surface area contributed by atoms with Crippen molar-refractivity contribution < 1.29 is 9.59 Å². The van der Waals surface area contributed by atoms with Crippen LogP contribution in [0.3, 0.4) is 0 Å². The lowest BCUT2D eigenvalue weighted by Crippen LogP contribution is -2.48. The third-order valence-corrected chi connectivity index (χ3v) is 4.92. The van der Waals surface area contributed by atoms with E-state index in [-0.39, 0.29) is 11.8 Å². The fourth-order valence-corrected chi connectivity index (χ4v) is 3.73. The van der Waals surface area contributed by atoms with Gasteiger partial charge < -0.3 is 21.7 Å². The summed E-state index contributed by atoms with van der Waals surface area (Å²) in [6.07, 6.45) is 6.41. The van der Waals surface area contributed by atoms with E-state index in [0.29, 0.717) is 24.9 Å². The van der Waals surface area contributed by atoms with E-state index in [1.165, 1.54) is 6.42 Å². The van der Waals surface area contributed by atoms with Crippen LogP contribution in [0.2, 0.25) is 0 Å². The van der Waals surface area contributed by atoms with Crippen molar-refractivity contribution >= 4 is 11.9 Å². The van der Waals surface area contributed by atoms with E-state index in [0.717, 1.165) is 45.2 Å². The maximum Gasteiger partial charge on any atom is 0.312 e. The van der Waals surface area contributed by atoms with Crippen molar-refractivity contribution in [3.8, 4) is 0 Å². The highest BCUT2D eigenvalue weighted by Gasteiger charge is 2.34. The first-order valence-electron chi connectivity index (χ1n) is 8.14. The number of likely N-dealkylation sites (tertiary alicyclic amines) is 1. The Hall–Kier alpha value is -1.30. The average Bonchev–Trinajstić information content (AvgIpc) is 2.52. The third kappa shape index (κ3) is 4.33. The molecule has 2 fully saturated rings. The SMILES string of the molecule is NCC1CCCCC1C(=O)N1CCCC(CNC(N)=O)C1. The zero-order valence-electron chi connectivity index (χ0n) is 12.7. The first-order valence-corrected chi connectivity index (χ1v) is 8.14. The van der Waals surface area contributed by atoms with Gasteiger partial charge >= 0.3 is 6.03 Å². The third-order valence-electron chi connectivity index (χ3n) is 4.92. The van der Waals surface area contributed by atoms with Gasteiger partial charge in [-0.15, -0.1) is 0 Å². The number of primary amides is 1. The summed E-state index contributed by atoms with van der Waals surface area (Å²) < 4.78 is 0. The minimum Gasteiger partial charge on any atom is -0.352 e. The second-order valence-electron chi connectivity index (χ2n) is 6.42. The van der Waals surface area contributed by atoms with Gasteiger partial charge in [0.25, 0.3) is 0 Å². The van der Waals surface area contributed by atoms with Gasteiger partial charge in [-0.1, -0.05) is 12.8 Å². The van der Waals surface area contributed by atoms with Crippen molar-refractivity contribution in [2.45, 2.75) is 38.5 Å². The molecule has 3 unspecified atom stereocenters. The van der Waals surface area contributed by atoms with Crippen LogP contribution >= 0.6 is 0 Å². The van der Waals surface area contributed by atoms with Crippen LogP contribution in [0.4, 0.5) is 4.79 Å². The van der Waals surface area contributed by atoms with Crippen LogP contribution in [0.25, 0.3) is 0 Å². The molecule has 0 aromatic heterocycles. The Morgan fingerprint density at radius 1 is 1.14 bits per heavy atom. The number of carbonyl (C=O) groups is 2. The van der Waals surface area contributed by atoms with E-state index in [1.54, 1.807) is 0 Å². The molecule has 6 nitrogen and oxygen atoms in total. The van der Waals surface area contributed by atoms with Gasteiger partial charge in [-0.3, -0.25) is 4.79 Å². The predicted molar refractivity (Wildman–Crippen MR) is 81.4 cm³/mol. The maximum atomic E-state index is 12.8. The molecule has 6 heteroatoms. The molecule has 0 aromatic rings. The molecule has 1 heterocycles. The lowest BCUT2D eigenvalue weighted by atomic mass is 9.78. The molecular weight excluding hydrogens is 268 g/mol. The minimum absolute atomic E-state index is 0.103. The summed E-state index contributed by atoms with van der Waals surface area (Å²) in [6.45, 7) is 2.73. The Morgan fingerprint density at radius 2 is 1.90 bits per heavy atom. The number of hydrogen-bond acceptors (Lipinski definition) is 3. The predicted octanol–water partition coefficient (Wildman–Crippen LogP) is 0.658. The summed E-state index contributed by atoms with van der Waals surface area (Å²) in [5, 5.41) is 2.66. The number of amides is 3. The van der Waals surface area contributed by atoms with Gasteiger partial charge in [0.15, 0.2) is 0 Å². The van der Waals surface area contributed by atoms with Crippen molar-refractivity contribution in [1.82, 2.24) is 10.2 Å². The normalized spacial score (nSPS) is 30.0. The first kappa shape index (κ1) is 16.1. The van der Waals surface area contributed by atoms with E-state index in [1.807, 2.05) is 4.90 Å². The number of nitrogens with one attached hydrogen (secondary N) is 1. The van der Waals surface area contributed by atoms with Gasteiger partial charge in [-0.05, 0) is 44.1 Å². The standard InChI is InChI=1S/C15H28N4O2/c16-8-12-5-1-2-6-13(12)14(20)19-7-3-4-11(10-19)9-18-15(17)21/h11-13H,1-10,16H2,(H3,17,18,21). The lowest BCUT2D eigenvalue weighted by Gasteiger charge is -2.38.